The lowest BCUT2D eigenvalue weighted by Crippen LogP contribution is -2.21. The second kappa shape index (κ2) is 8.91. The third-order valence-corrected chi connectivity index (χ3v) is 7.47. The molecule has 2 aromatic carbocycles. The molecule has 1 aliphatic heterocycles. The van der Waals surface area contributed by atoms with Gasteiger partial charge in [-0.15, -0.1) is 0 Å². The van der Waals surface area contributed by atoms with Gasteiger partial charge in [-0.25, -0.2) is 4.39 Å². The largest absolute Gasteiger partial charge is 0.484 e. The van der Waals surface area contributed by atoms with E-state index in [1.165, 1.54) is 36.2 Å². The van der Waals surface area contributed by atoms with E-state index < -0.39 is 0 Å². The summed E-state index contributed by atoms with van der Waals surface area (Å²) in [6.45, 7) is 2.36. The van der Waals surface area contributed by atoms with Crippen molar-refractivity contribution in [2.75, 3.05) is 19.8 Å². The van der Waals surface area contributed by atoms with Crippen LogP contribution in [0.3, 0.4) is 0 Å². The van der Waals surface area contributed by atoms with Crippen LogP contribution in [0, 0.1) is 11.7 Å². The van der Waals surface area contributed by atoms with E-state index in [0.29, 0.717) is 18.1 Å². The van der Waals surface area contributed by atoms with Crippen LogP contribution in [0.2, 0.25) is 0 Å². The van der Waals surface area contributed by atoms with E-state index in [-0.39, 0.29) is 5.82 Å². The Morgan fingerprint density at radius 1 is 0.900 bits per heavy atom. The molecule has 30 heavy (non-hydrogen) atoms. The molecule has 5 rings (SSSR count). The number of rotatable bonds is 6. The molecule has 1 saturated heterocycles. The van der Waals surface area contributed by atoms with Crippen molar-refractivity contribution in [3.8, 4) is 26.6 Å². The number of hydrogen-bond donors (Lipinski definition) is 0. The van der Waals surface area contributed by atoms with E-state index in [1.54, 1.807) is 6.07 Å². The zero-order valence-electron chi connectivity index (χ0n) is 17.1. The highest BCUT2D eigenvalue weighted by Crippen LogP contribution is 2.38. The first kappa shape index (κ1) is 19.8. The van der Waals surface area contributed by atoms with Crippen molar-refractivity contribution in [3.63, 3.8) is 0 Å². The summed E-state index contributed by atoms with van der Waals surface area (Å²) in [6, 6.07) is 18.1. The summed E-state index contributed by atoms with van der Waals surface area (Å²) in [5.41, 5.74) is 4.03. The first-order chi connectivity index (χ1) is 14.8. The summed E-state index contributed by atoms with van der Waals surface area (Å²) >= 11 is 1.51. The van der Waals surface area contributed by atoms with Gasteiger partial charge in [0.2, 0.25) is 0 Å². The molecule has 3 aromatic rings. The van der Waals surface area contributed by atoms with Gasteiger partial charge in [-0.05, 0) is 78.5 Å². The molecule has 2 heterocycles. The molecular weight excluding hydrogens is 395 g/mol. The normalized spacial score (nSPS) is 17.6. The van der Waals surface area contributed by atoms with E-state index >= 15 is 0 Å². The fraction of sp³-hybridized carbons (Fsp3) is 0.385. The fourth-order valence-corrected chi connectivity index (χ4v) is 5.13. The molecule has 2 nitrogen and oxygen atoms in total. The van der Waals surface area contributed by atoms with Gasteiger partial charge < -0.3 is 9.47 Å². The monoisotopic (exact) mass is 422 g/mol. The molecule has 2 aliphatic rings. The summed E-state index contributed by atoms with van der Waals surface area (Å²) in [5, 5.41) is 0.853. The van der Waals surface area contributed by atoms with Crippen molar-refractivity contribution in [3.05, 3.63) is 66.0 Å². The second-order valence-corrected chi connectivity index (χ2v) is 9.48. The molecule has 1 aromatic heterocycles. The molecule has 1 saturated carbocycles. The van der Waals surface area contributed by atoms with Crippen molar-refractivity contribution < 1.29 is 13.9 Å². The van der Waals surface area contributed by atoms with Crippen molar-refractivity contribution in [1.82, 2.24) is 0 Å². The highest BCUT2D eigenvalue weighted by atomic mass is 32.1. The Labute approximate surface area is 181 Å². The topological polar surface area (TPSA) is 18.5 Å². The van der Waals surface area contributed by atoms with Crippen molar-refractivity contribution in [2.45, 2.75) is 38.0 Å². The van der Waals surface area contributed by atoms with E-state index in [2.05, 4.69) is 24.3 Å². The van der Waals surface area contributed by atoms with Crippen LogP contribution in [0.4, 0.5) is 4.39 Å². The quantitative estimate of drug-likeness (QED) is 0.415. The molecule has 0 unspecified atom stereocenters. The minimum absolute atomic E-state index is 0.187. The van der Waals surface area contributed by atoms with Crippen LogP contribution in [0.15, 0.2) is 54.6 Å². The molecule has 0 atom stereocenters. The molecule has 156 valence electrons. The van der Waals surface area contributed by atoms with Crippen molar-refractivity contribution in [2.24, 2.45) is 5.92 Å². The highest BCUT2D eigenvalue weighted by Gasteiger charge is 2.19. The van der Waals surface area contributed by atoms with Crippen LogP contribution >= 0.6 is 11.3 Å². The van der Waals surface area contributed by atoms with E-state index in [0.717, 1.165) is 53.0 Å². The molecule has 0 spiro atoms. The Kier molecular flexibility index (Phi) is 5.87. The van der Waals surface area contributed by atoms with Crippen molar-refractivity contribution in [1.29, 1.82) is 0 Å². The number of ether oxygens (including phenoxy) is 2. The second-order valence-electron chi connectivity index (χ2n) is 8.43. The predicted molar refractivity (Wildman–Crippen MR) is 121 cm³/mol. The molecule has 4 heteroatoms. The average Bonchev–Trinajstić information content (AvgIpc) is 3.21. The first-order valence-electron chi connectivity index (χ1n) is 11.0. The highest BCUT2D eigenvalue weighted by molar-refractivity contribution is 7.17. The van der Waals surface area contributed by atoms with Crippen LogP contribution in [0.25, 0.3) is 21.6 Å². The number of benzene rings is 2. The Bertz CT molecular complexity index is 985. The maximum atomic E-state index is 14.9. The standard InChI is InChI=1S/C26H27FO2S/c27-24-16-22(21-6-4-20(5-7-21)19-2-1-3-19)8-9-23(24)25-10-11-26(30-25)29-17-18-12-14-28-15-13-18/h4-11,16,18-19H,1-3,12-15,17H2. The fourth-order valence-electron chi connectivity index (χ4n) is 4.24. The predicted octanol–water partition coefficient (Wildman–Crippen LogP) is 7.29. The summed E-state index contributed by atoms with van der Waals surface area (Å²) in [4.78, 5) is 0.904. The van der Waals surface area contributed by atoms with Gasteiger partial charge in [-0.1, -0.05) is 48.1 Å². The van der Waals surface area contributed by atoms with Crippen LogP contribution in [0.5, 0.6) is 5.06 Å². The molecule has 1 aliphatic carbocycles. The van der Waals surface area contributed by atoms with Crippen LogP contribution in [0.1, 0.15) is 43.6 Å². The van der Waals surface area contributed by atoms with Gasteiger partial charge >= 0.3 is 0 Å². The van der Waals surface area contributed by atoms with E-state index in [9.17, 15) is 4.39 Å². The molecule has 0 radical (unpaired) electrons. The van der Waals surface area contributed by atoms with Crippen LogP contribution in [-0.2, 0) is 4.74 Å². The molecule has 0 N–H and O–H groups in total. The first-order valence-corrected chi connectivity index (χ1v) is 11.8. The zero-order valence-corrected chi connectivity index (χ0v) is 17.9. The Balaban J connectivity index is 1.27. The third-order valence-electron chi connectivity index (χ3n) is 6.44. The maximum absolute atomic E-state index is 14.9. The molecule has 0 amide bonds. The summed E-state index contributed by atoms with van der Waals surface area (Å²) < 4.78 is 26.3. The average molecular weight is 423 g/mol. The lowest BCUT2D eigenvalue weighted by Gasteiger charge is -2.25. The van der Waals surface area contributed by atoms with Gasteiger partial charge in [-0.2, -0.15) is 0 Å². The smallest absolute Gasteiger partial charge is 0.174 e. The lowest BCUT2D eigenvalue weighted by atomic mass is 9.80. The van der Waals surface area contributed by atoms with Crippen LogP contribution < -0.4 is 4.74 Å². The SMILES string of the molecule is Fc1cc(-c2ccc(C3CCC3)cc2)ccc1-c1ccc(OCC2CCOCC2)s1. The molecule has 0 bridgehead atoms. The van der Waals surface area contributed by atoms with Gasteiger partial charge in [0.15, 0.2) is 5.06 Å². The molecule has 2 fully saturated rings. The van der Waals surface area contributed by atoms with Gasteiger partial charge in [0.25, 0.3) is 0 Å². The summed E-state index contributed by atoms with van der Waals surface area (Å²) in [7, 11) is 0. The van der Waals surface area contributed by atoms with Gasteiger partial charge in [0, 0.05) is 23.7 Å². The van der Waals surface area contributed by atoms with E-state index in [1.807, 2.05) is 24.3 Å². The number of hydrogen-bond acceptors (Lipinski definition) is 3. The van der Waals surface area contributed by atoms with Gasteiger partial charge in [0.05, 0.1) is 6.61 Å². The minimum atomic E-state index is -0.187. The summed E-state index contributed by atoms with van der Waals surface area (Å²) in [5.74, 6) is 1.09. The summed E-state index contributed by atoms with van der Waals surface area (Å²) in [6.07, 6.45) is 6.03. The molecular formula is C26H27FO2S. The van der Waals surface area contributed by atoms with Gasteiger partial charge in [-0.3, -0.25) is 0 Å². The Morgan fingerprint density at radius 3 is 2.37 bits per heavy atom. The van der Waals surface area contributed by atoms with Crippen LogP contribution in [-0.4, -0.2) is 19.8 Å². The number of halogens is 1. The van der Waals surface area contributed by atoms with Crippen molar-refractivity contribution >= 4 is 11.3 Å². The lowest BCUT2D eigenvalue weighted by molar-refractivity contribution is 0.0503. The number of thiophene rings is 1. The minimum Gasteiger partial charge on any atom is -0.484 e. The maximum Gasteiger partial charge on any atom is 0.174 e. The van der Waals surface area contributed by atoms with Gasteiger partial charge in [0.1, 0.15) is 5.82 Å². The Hall–Kier alpha value is -2.17. The third kappa shape index (κ3) is 4.30. The zero-order chi connectivity index (χ0) is 20.3. The van der Waals surface area contributed by atoms with E-state index in [4.69, 9.17) is 9.47 Å². The Morgan fingerprint density at radius 2 is 1.67 bits per heavy atom.